The van der Waals surface area contributed by atoms with Gasteiger partial charge in [0.2, 0.25) is 0 Å². The summed E-state index contributed by atoms with van der Waals surface area (Å²) < 4.78 is 2.87. The van der Waals surface area contributed by atoms with Crippen LogP contribution in [0, 0.1) is 18.3 Å². The topological polar surface area (TPSA) is 41.6 Å². The summed E-state index contributed by atoms with van der Waals surface area (Å²) in [6.07, 6.45) is 0. The van der Waals surface area contributed by atoms with E-state index in [1.807, 2.05) is 29.7 Å². The highest BCUT2D eigenvalue weighted by molar-refractivity contribution is 9.10. The minimum atomic E-state index is 0.320. The van der Waals surface area contributed by atoms with Crippen LogP contribution in [0.5, 0.6) is 0 Å². The monoisotopic (exact) mass is 359 g/mol. The third kappa shape index (κ3) is 2.44. The number of hydrogen-bond acceptors (Lipinski definition) is 2. The van der Waals surface area contributed by atoms with Gasteiger partial charge in [-0.2, -0.15) is 5.26 Å². The average Bonchev–Trinajstić information content (AvgIpc) is 2.84. The average molecular weight is 361 g/mol. The van der Waals surface area contributed by atoms with Gasteiger partial charge in [-0.25, -0.2) is 4.98 Å². The second-order valence-corrected chi connectivity index (χ2v) is 5.89. The molecule has 0 spiro atoms. The Hall–Kier alpha value is -1.83. The van der Waals surface area contributed by atoms with E-state index in [4.69, 9.17) is 16.9 Å². The Kier molecular flexibility index (Phi) is 3.71. The molecule has 21 heavy (non-hydrogen) atoms. The first-order chi connectivity index (χ1) is 10.1. The minimum Gasteiger partial charge on any atom is -0.294 e. The molecule has 0 saturated heterocycles. The van der Waals surface area contributed by atoms with Crippen molar-refractivity contribution in [2.45, 2.75) is 12.8 Å². The van der Waals surface area contributed by atoms with E-state index in [0.29, 0.717) is 11.4 Å². The molecule has 0 saturated carbocycles. The molecule has 104 valence electrons. The Morgan fingerprint density at radius 1 is 1.29 bits per heavy atom. The summed E-state index contributed by atoms with van der Waals surface area (Å²) in [6.45, 7) is 2.05. The lowest BCUT2D eigenvalue weighted by Crippen LogP contribution is -2.00. The number of halogens is 2. The summed E-state index contributed by atoms with van der Waals surface area (Å²) in [7, 11) is 0. The van der Waals surface area contributed by atoms with E-state index < -0.39 is 0 Å². The Bertz CT molecular complexity index is 877. The van der Waals surface area contributed by atoms with Crippen LogP contribution < -0.4 is 0 Å². The number of hydrogen-bond donors (Lipinski definition) is 0. The van der Waals surface area contributed by atoms with Crippen molar-refractivity contribution < 1.29 is 0 Å². The van der Waals surface area contributed by atoms with Crippen molar-refractivity contribution in [2.24, 2.45) is 0 Å². The number of rotatable bonds is 2. The predicted octanol–water partition coefficient (Wildman–Crippen LogP) is 4.71. The maximum absolute atomic E-state index is 8.98. The van der Waals surface area contributed by atoms with E-state index in [9.17, 15) is 0 Å². The highest BCUT2D eigenvalue weighted by Gasteiger charge is 2.14. The van der Waals surface area contributed by atoms with E-state index in [2.05, 4.69) is 33.0 Å². The summed E-state index contributed by atoms with van der Waals surface area (Å²) in [6, 6.07) is 13.7. The Morgan fingerprint density at radius 2 is 2.10 bits per heavy atom. The van der Waals surface area contributed by atoms with E-state index >= 15 is 0 Å². The zero-order valence-corrected chi connectivity index (χ0v) is 13.6. The molecule has 1 heterocycles. The molecule has 0 aliphatic heterocycles. The number of fused-ring (bicyclic) bond motifs is 1. The number of benzene rings is 2. The third-order valence-electron chi connectivity index (χ3n) is 3.32. The molecule has 3 rings (SSSR count). The zero-order valence-electron chi connectivity index (χ0n) is 11.3. The van der Waals surface area contributed by atoms with Crippen LogP contribution in [-0.2, 0) is 5.88 Å². The predicted molar refractivity (Wildman–Crippen MR) is 87.8 cm³/mol. The van der Waals surface area contributed by atoms with Crippen molar-refractivity contribution >= 4 is 38.6 Å². The van der Waals surface area contributed by atoms with Crippen molar-refractivity contribution in [2.75, 3.05) is 0 Å². The van der Waals surface area contributed by atoms with Crippen LogP contribution in [0.15, 0.2) is 40.9 Å². The molecule has 3 nitrogen and oxygen atoms in total. The maximum Gasteiger partial charge on any atom is 0.129 e. The van der Waals surface area contributed by atoms with Crippen LogP contribution in [0.25, 0.3) is 16.7 Å². The first-order valence-corrected chi connectivity index (χ1v) is 7.71. The second-order valence-electron chi connectivity index (χ2n) is 4.77. The SMILES string of the molecule is Cc1ccc2nc(CCl)n(-c3ccc(C#N)cc3Br)c2c1. The van der Waals surface area contributed by atoms with Crippen molar-refractivity contribution in [3.05, 3.63) is 57.8 Å². The van der Waals surface area contributed by atoms with Crippen LogP contribution in [0.1, 0.15) is 17.0 Å². The lowest BCUT2D eigenvalue weighted by Gasteiger charge is -2.10. The van der Waals surface area contributed by atoms with Gasteiger partial charge in [0, 0.05) is 4.47 Å². The Balaban J connectivity index is 2.33. The number of alkyl halides is 1. The lowest BCUT2D eigenvalue weighted by molar-refractivity contribution is 0.976. The molecule has 0 bridgehead atoms. The molecular formula is C16H11BrClN3. The standard InChI is InChI=1S/C16H11BrClN3/c1-10-2-4-13-15(6-10)21(16(8-18)20-13)14-5-3-11(9-19)7-12(14)17/h2-7H,8H2,1H3. The number of nitriles is 1. The lowest BCUT2D eigenvalue weighted by atomic mass is 10.2. The van der Waals surface area contributed by atoms with Gasteiger partial charge in [0.15, 0.2) is 0 Å². The molecular weight excluding hydrogens is 350 g/mol. The van der Waals surface area contributed by atoms with Crippen molar-refractivity contribution in [1.29, 1.82) is 5.26 Å². The zero-order chi connectivity index (χ0) is 15.0. The van der Waals surface area contributed by atoms with Gasteiger partial charge in [0.1, 0.15) is 5.82 Å². The van der Waals surface area contributed by atoms with Gasteiger partial charge in [-0.1, -0.05) is 6.07 Å². The number of imidazole rings is 1. The van der Waals surface area contributed by atoms with Gasteiger partial charge in [0.25, 0.3) is 0 Å². The van der Waals surface area contributed by atoms with E-state index in [-0.39, 0.29) is 0 Å². The summed E-state index contributed by atoms with van der Waals surface area (Å²) in [4.78, 5) is 4.58. The van der Waals surface area contributed by atoms with Gasteiger partial charge in [0.05, 0.1) is 34.2 Å². The quantitative estimate of drug-likeness (QED) is 0.621. The van der Waals surface area contributed by atoms with Crippen LogP contribution in [0.2, 0.25) is 0 Å². The molecule has 3 aromatic rings. The smallest absolute Gasteiger partial charge is 0.129 e. The van der Waals surface area contributed by atoms with Crippen LogP contribution in [0.4, 0.5) is 0 Å². The summed E-state index contributed by atoms with van der Waals surface area (Å²) in [5.74, 6) is 1.10. The Morgan fingerprint density at radius 3 is 2.76 bits per heavy atom. The third-order valence-corrected chi connectivity index (χ3v) is 4.19. The molecule has 0 radical (unpaired) electrons. The highest BCUT2D eigenvalue weighted by Crippen LogP contribution is 2.29. The van der Waals surface area contributed by atoms with Gasteiger partial charge in [-0.15, -0.1) is 11.6 Å². The van der Waals surface area contributed by atoms with Crippen LogP contribution in [0.3, 0.4) is 0 Å². The van der Waals surface area contributed by atoms with E-state index in [1.54, 1.807) is 12.1 Å². The summed E-state index contributed by atoms with van der Waals surface area (Å²) in [5, 5.41) is 8.98. The molecule has 0 unspecified atom stereocenters. The molecule has 0 N–H and O–H groups in total. The van der Waals surface area contributed by atoms with Gasteiger partial charge in [-0.3, -0.25) is 4.57 Å². The molecule has 0 atom stereocenters. The highest BCUT2D eigenvalue weighted by atomic mass is 79.9. The van der Waals surface area contributed by atoms with Gasteiger partial charge >= 0.3 is 0 Å². The second kappa shape index (κ2) is 5.51. The molecule has 2 aromatic carbocycles. The molecule has 0 aliphatic rings. The van der Waals surface area contributed by atoms with E-state index in [1.165, 1.54) is 0 Å². The number of nitrogens with zero attached hydrogens (tertiary/aromatic N) is 3. The number of aromatic nitrogens is 2. The van der Waals surface area contributed by atoms with Gasteiger partial charge < -0.3 is 0 Å². The summed E-state index contributed by atoms with van der Waals surface area (Å²) >= 11 is 9.59. The van der Waals surface area contributed by atoms with Crippen molar-refractivity contribution in [1.82, 2.24) is 9.55 Å². The van der Waals surface area contributed by atoms with E-state index in [0.717, 1.165) is 32.6 Å². The largest absolute Gasteiger partial charge is 0.294 e. The molecule has 0 amide bonds. The molecule has 0 aliphatic carbocycles. The molecule has 0 fully saturated rings. The van der Waals surface area contributed by atoms with Crippen molar-refractivity contribution in [3.63, 3.8) is 0 Å². The maximum atomic E-state index is 8.98. The first-order valence-electron chi connectivity index (χ1n) is 6.38. The molecule has 5 heteroatoms. The van der Waals surface area contributed by atoms with Gasteiger partial charge in [-0.05, 0) is 58.7 Å². The first kappa shape index (κ1) is 14.1. The van der Waals surface area contributed by atoms with Crippen LogP contribution >= 0.6 is 27.5 Å². The minimum absolute atomic E-state index is 0.320. The fourth-order valence-electron chi connectivity index (χ4n) is 2.35. The number of aryl methyl sites for hydroxylation is 1. The fourth-order valence-corrected chi connectivity index (χ4v) is 3.09. The van der Waals surface area contributed by atoms with Crippen LogP contribution in [-0.4, -0.2) is 9.55 Å². The fraction of sp³-hybridized carbons (Fsp3) is 0.125. The Labute approximate surface area is 135 Å². The normalized spacial score (nSPS) is 10.8. The molecule has 1 aromatic heterocycles. The summed E-state index contributed by atoms with van der Waals surface area (Å²) in [5.41, 5.74) is 4.62. The van der Waals surface area contributed by atoms with Crippen molar-refractivity contribution in [3.8, 4) is 11.8 Å².